The molecule has 2 aliphatic carbocycles. The number of pyridine rings is 1. The van der Waals surface area contributed by atoms with Gasteiger partial charge in [0, 0.05) is 28.7 Å². The third kappa shape index (κ3) is 5.20. The summed E-state index contributed by atoms with van der Waals surface area (Å²) in [6, 6.07) is 23.5. The zero-order valence-corrected chi connectivity index (χ0v) is 37.1. The number of hydrogen-bond donors (Lipinski definition) is 0. The van der Waals surface area contributed by atoms with Gasteiger partial charge < -0.3 is 4.42 Å². The molecule has 0 radical (unpaired) electrons. The van der Waals surface area contributed by atoms with E-state index in [9.17, 15) is 0 Å². The maximum Gasteiger partial charge on any atom is 0.301 e. The predicted molar refractivity (Wildman–Crippen MR) is 242 cm³/mol. The second-order valence-corrected chi connectivity index (χ2v) is 22.6. The Labute approximate surface area is 345 Å². The van der Waals surface area contributed by atoms with E-state index in [0.717, 1.165) is 58.0 Å². The summed E-state index contributed by atoms with van der Waals surface area (Å²) < 4.78 is 7.13. The predicted octanol–water partition coefficient (Wildman–Crippen LogP) is 11.2. The maximum absolute atomic E-state index is 7.13. The molecule has 7 heteroatoms. The number of anilines is 6. The third-order valence-corrected chi connectivity index (χ3v) is 14.1. The number of rotatable bonds is 2. The molecular weight excluding hydrogens is 709 g/mol. The highest BCUT2D eigenvalue weighted by Gasteiger charge is 2.51. The molecule has 58 heavy (non-hydrogen) atoms. The molecule has 5 heterocycles. The van der Waals surface area contributed by atoms with Crippen molar-refractivity contribution in [3.8, 4) is 0 Å². The van der Waals surface area contributed by atoms with Crippen LogP contribution in [0.1, 0.15) is 143 Å². The van der Waals surface area contributed by atoms with Crippen LogP contribution in [0.2, 0.25) is 0 Å². The summed E-state index contributed by atoms with van der Waals surface area (Å²) in [7, 11) is 0. The van der Waals surface area contributed by atoms with Crippen LogP contribution in [-0.2, 0) is 32.5 Å². The Hall–Kier alpha value is -4.91. The molecule has 0 atom stereocenters. The fourth-order valence-corrected chi connectivity index (χ4v) is 11.6. The summed E-state index contributed by atoms with van der Waals surface area (Å²) in [6.45, 7) is 32.5. The minimum Gasteiger partial charge on any atom is -0.450 e. The van der Waals surface area contributed by atoms with Crippen LogP contribution in [0.15, 0.2) is 77.6 Å². The van der Waals surface area contributed by atoms with Crippen LogP contribution >= 0.6 is 0 Å². The smallest absolute Gasteiger partial charge is 0.301 e. The Morgan fingerprint density at radius 1 is 0.586 bits per heavy atom. The van der Waals surface area contributed by atoms with Gasteiger partial charge in [0.1, 0.15) is 23.6 Å². The van der Waals surface area contributed by atoms with Crippen molar-refractivity contribution in [2.45, 2.75) is 142 Å². The molecule has 0 bridgehead atoms. The van der Waals surface area contributed by atoms with Gasteiger partial charge in [0.15, 0.2) is 0 Å². The highest BCUT2D eigenvalue weighted by molar-refractivity contribution is 6.99. The molecule has 0 spiro atoms. The number of nitrogens with zero attached hydrogens (tertiary/aromatic N) is 5. The van der Waals surface area contributed by atoms with E-state index in [4.69, 9.17) is 19.4 Å². The Kier molecular flexibility index (Phi) is 7.36. The maximum atomic E-state index is 7.13. The zero-order valence-electron chi connectivity index (χ0n) is 37.1. The molecule has 6 aromatic rings. The molecule has 0 saturated heterocycles. The molecule has 3 aromatic heterocycles. The van der Waals surface area contributed by atoms with E-state index in [1.165, 1.54) is 44.5 Å². The van der Waals surface area contributed by atoms with Gasteiger partial charge in [0.25, 0.3) is 0 Å². The van der Waals surface area contributed by atoms with E-state index >= 15 is 0 Å². The van der Waals surface area contributed by atoms with E-state index < -0.39 is 0 Å². The molecule has 0 amide bonds. The molecule has 10 rings (SSSR count). The lowest BCUT2D eigenvalue weighted by Gasteiger charge is -2.41. The number of aromatic nitrogens is 3. The van der Waals surface area contributed by atoms with Crippen molar-refractivity contribution >= 4 is 68.8 Å². The molecule has 4 aliphatic rings. The molecule has 2 aliphatic heterocycles. The summed E-state index contributed by atoms with van der Waals surface area (Å²) in [4.78, 5) is 20.3. The quantitative estimate of drug-likeness (QED) is 0.163. The van der Waals surface area contributed by atoms with Crippen molar-refractivity contribution in [3.63, 3.8) is 0 Å². The van der Waals surface area contributed by atoms with Crippen LogP contribution in [0.3, 0.4) is 0 Å². The van der Waals surface area contributed by atoms with Gasteiger partial charge >= 0.3 is 6.71 Å². The van der Waals surface area contributed by atoms with Crippen molar-refractivity contribution in [1.29, 1.82) is 0 Å². The van der Waals surface area contributed by atoms with Crippen LogP contribution < -0.4 is 26.4 Å². The number of hydrogen-bond acceptors (Lipinski definition) is 6. The second-order valence-electron chi connectivity index (χ2n) is 22.6. The topological polar surface area (TPSA) is 58.3 Å². The van der Waals surface area contributed by atoms with E-state index in [2.05, 4.69) is 167 Å². The molecule has 0 fully saturated rings. The largest absolute Gasteiger partial charge is 0.450 e. The van der Waals surface area contributed by atoms with Crippen molar-refractivity contribution in [1.82, 2.24) is 15.0 Å². The highest BCUT2D eigenvalue weighted by Crippen LogP contribution is 2.54. The molecule has 0 saturated carbocycles. The number of fused-ring (bicyclic) bond motifs is 8. The first-order chi connectivity index (χ1) is 27.0. The van der Waals surface area contributed by atoms with Gasteiger partial charge in [-0.2, -0.15) is 0 Å². The first-order valence-corrected chi connectivity index (χ1v) is 21.3. The van der Waals surface area contributed by atoms with Crippen LogP contribution in [-0.4, -0.2) is 21.7 Å². The van der Waals surface area contributed by atoms with Crippen molar-refractivity contribution in [2.24, 2.45) is 0 Å². The Balaban J connectivity index is 1.31. The molecule has 0 N–H and O–H groups in total. The van der Waals surface area contributed by atoms with Gasteiger partial charge in [-0.05, 0) is 121 Å². The second kappa shape index (κ2) is 11.4. The highest BCUT2D eigenvalue weighted by atomic mass is 16.3. The van der Waals surface area contributed by atoms with Gasteiger partial charge in [-0.3, -0.25) is 9.80 Å². The summed E-state index contributed by atoms with van der Waals surface area (Å²) in [5, 5.41) is 1.00. The van der Waals surface area contributed by atoms with Crippen molar-refractivity contribution in [3.05, 3.63) is 107 Å². The number of furan rings is 1. The first kappa shape index (κ1) is 37.4. The van der Waals surface area contributed by atoms with Crippen molar-refractivity contribution in [2.75, 3.05) is 9.80 Å². The van der Waals surface area contributed by atoms with E-state index in [-0.39, 0.29) is 39.2 Å². The van der Waals surface area contributed by atoms with Crippen molar-refractivity contribution < 1.29 is 4.42 Å². The van der Waals surface area contributed by atoms with Crippen LogP contribution in [0.5, 0.6) is 0 Å². The van der Waals surface area contributed by atoms with E-state index in [1.54, 1.807) is 6.33 Å². The fraction of sp³-hybridized carbons (Fsp3) is 0.431. The number of benzene rings is 3. The van der Waals surface area contributed by atoms with Gasteiger partial charge in [-0.25, -0.2) is 15.0 Å². The summed E-state index contributed by atoms with van der Waals surface area (Å²) in [5.74, 6) is 1.78. The SMILES string of the molecule is CC(C)(C)c1ccc(N2c3ncnc4c3B(c3cc5c(cc3N4c3ccc4c(c3)C(C)(C)CC4(C)C)C(C)(C)CC5(C)C)c3oc4ncc(C(C)(C)C)cc4c32)cc1. The van der Waals surface area contributed by atoms with Crippen LogP contribution in [0.4, 0.5) is 34.4 Å². The van der Waals surface area contributed by atoms with Crippen LogP contribution in [0, 0.1) is 0 Å². The lowest BCUT2D eigenvalue weighted by Crippen LogP contribution is -2.61. The lowest BCUT2D eigenvalue weighted by molar-refractivity contribution is 0.403. The molecule has 6 nitrogen and oxygen atoms in total. The van der Waals surface area contributed by atoms with Gasteiger partial charge in [0.05, 0.1) is 11.1 Å². The molecule has 296 valence electrons. The average molecular weight is 768 g/mol. The van der Waals surface area contributed by atoms with Crippen LogP contribution in [0.25, 0.3) is 11.1 Å². The standard InChI is InChI=1S/C51H58BN5O/c1-46(2,3)29-15-17-31(18-16-29)57-41-33-21-30(47(4,5)6)25-53-45(33)58-42(41)52-38-23-36-37(51(13,14)27-50(36,11)12)24-39(38)56(43-40(52)44(57)55-28-54-43)32-19-20-34-35(22-32)49(9,10)26-48(34,7)8/h15-25,28H,26-27H2,1-14H3. The molecular formula is C51H58BN5O. The molecule has 0 unspecified atom stereocenters. The van der Waals surface area contributed by atoms with Gasteiger partial charge in [-0.1, -0.05) is 121 Å². The average Bonchev–Trinajstić information content (AvgIpc) is 3.66. The zero-order chi connectivity index (χ0) is 41.3. The van der Waals surface area contributed by atoms with Gasteiger partial charge in [-0.15, -0.1) is 0 Å². The normalized spacial score (nSPS) is 19.2. The minimum absolute atomic E-state index is 0.00748. The van der Waals surface area contributed by atoms with E-state index in [0.29, 0.717) is 5.71 Å². The van der Waals surface area contributed by atoms with Gasteiger partial charge in [0.2, 0.25) is 5.71 Å². The Bertz CT molecular complexity index is 2720. The summed E-state index contributed by atoms with van der Waals surface area (Å²) in [5.41, 5.74) is 16.4. The lowest BCUT2D eigenvalue weighted by atomic mass is 9.36. The van der Waals surface area contributed by atoms with E-state index in [1.807, 2.05) is 6.20 Å². The third-order valence-electron chi connectivity index (χ3n) is 14.1. The summed E-state index contributed by atoms with van der Waals surface area (Å²) >= 11 is 0. The monoisotopic (exact) mass is 767 g/mol. The minimum atomic E-state index is -0.237. The first-order valence-electron chi connectivity index (χ1n) is 21.3. The summed E-state index contributed by atoms with van der Waals surface area (Å²) in [6.07, 6.45) is 5.95. The Morgan fingerprint density at radius 3 is 1.76 bits per heavy atom. The Morgan fingerprint density at radius 2 is 1.14 bits per heavy atom. The molecule has 3 aromatic carbocycles. The fourth-order valence-electron chi connectivity index (χ4n) is 11.6.